The molecule has 0 radical (unpaired) electrons. The van der Waals surface area contributed by atoms with Crippen molar-refractivity contribution < 1.29 is 8.42 Å². The molecule has 1 N–H and O–H groups in total. The third kappa shape index (κ3) is 2.13. The molecule has 0 aromatic carbocycles. The number of fused-ring (bicyclic) bond motifs is 1. The van der Waals surface area contributed by atoms with Crippen molar-refractivity contribution in [3.05, 3.63) is 0 Å². The van der Waals surface area contributed by atoms with Crippen molar-refractivity contribution in [2.24, 2.45) is 11.8 Å². The second-order valence-corrected chi connectivity index (χ2v) is 7.98. The SMILES string of the molecule is O=S(=O)(C1CCNCC1)N1CC2CCCC2C1. The lowest BCUT2D eigenvalue weighted by Gasteiger charge is -2.27. The summed E-state index contributed by atoms with van der Waals surface area (Å²) in [5.41, 5.74) is 0. The third-order valence-corrected chi connectivity index (χ3v) is 7.09. The predicted octanol–water partition coefficient (Wildman–Crippen LogP) is 0.800. The van der Waals surface area contributed by atoms with E-state index >= 15 is 0 Å². The van der Waals surface area contributed by atoms with Crippen LogP contribution in [0.5, 0.6) is 0 Å². The van der Waals surface area contributed by atoms with Crippen LogP contribution in [-0.2, 0) is 10.0 Å². The fraction of sp³-hybridized carbons (Fsp3) is 1.00. The molecule has 5 heteroatoms. The van der Waals surface area contributed by atoms with Crippen molar-refractivity contribution in [3.8, 4) is 0 Å². The molecule has 0 aromatic rings. The molecule has 0 aromatic heterocycles. The number of hydrogen-bond acceptors (Lipinski definition) is 3. The summed E-state index contributed by atoms with van der Waals surface area (Å²) in [5, 5.41) is 3.11. The van der Waals surface area contributed by atoms with Crippen LogP contribution in [0, 0.1) is 11.8 Å². The Balaban J connectivity index is 1.70. The van der Waals surface area contributed by atoms with E-state index in [1.54, 1.807) is 4.31 Å². The second-order valence-electron chi connectivity index (χ2n) is 5.76. The standard InChI is InChI=1S/C12H22N2O2S/c15-17(16,12-4-6-13-7-5-12)14-8-10-2-1-3-11(10)9-14/h10-13H,1-9H2. The van der Waals surface area contributed by atoms with Crippen molar-refractivity contribution in [2.45, 2.75) is 37.4 Å². The zero-order valence-electron chi connectivity index (χ0n) is 10.3. The van der Waals surface area contributed by atoms with Gasteiger partial charge in [0.25, 0.3) is 0 Å². The maximum atomic E-state index is 12.5. The fourth-order valence-electron chi connectivity index (χ4n) is 3.70. The highest BCUT2D eigenvalue weighted by atomic mass is 32.2. The number of rotatable bonds is 2. The molecule has 0 amide bonds. The Morgan fingerprint density at radius 1 is 0.941 bits per heavy atom. The Morgan fingerprint density at radius 3 is 2.12 bits per heavy atom. The van der Waals surface area contributed by atoms with Crippen LogP contribution in [0.1, 0.15) is 32.1 Å². The van der Waals surface area contributed by atoms with Gasteiger partial charge in [0, 0.05) is 13.1 Å². The van der Waals surface area contributed by atoms with E-state index < -0.39 is 10.0 Å². The number of nitrogens with one attached hydrogen (secondary N) is 1. The van der Waals surface area contributed by atoms with Crippen molar-refractivity contribution in [1.29, 1.82) is 0 Å². The molecule has 2 saturated heterocycles. The molecule has 0 spiro atoms. The minimum Gasteiger partial charge on any atom is -0.317 e. The minimum atomic E-state index is -3.01. The molecule has 1 saturated carbocycles. The number of piperidine rings is 1. The largest absolute Gasteiger partial charge is 0.317 e. The monoisotopic (exact) mass is 258 g/mol. The van der Waals surface area contributed by atoms with Crippen molar-refractivity contribution in [2.75, 3.05) is 26.2 Å². The maximum Gasteiger partial charge on any atom is 0.217 e. The van der Waals surface area contributed by atoms with Gasteiger partial charge in [0.05, 0.1) is 5.25 Å². The van der Waals surface area contributed by atoms with Crippen molar-refractivity contribution >= 4 is 10.0 Å². The summed E-state index contributed by atoms with van der Waals surface area (Å²) in [6.45, 7) is 3.31. The highest BCUT2D eigenvalue weighted by Crippen LogP contribution is 2.39. The van der Waals surface area contributed by atoms with E-state index in [-0.39, 0.29) is 5.25 Å². The topological polar surface area (TPSA) is 49.4 Å². The van der Waals surface area contributed by atoms with Gasteiger partial charge in [-0.3, -0.25) is 0 Å². The lowest BCUT2D eigenvalue weighted by molar-refractivity contribution is 0.416. The first kappa shape index (κ1) is 11.9. The zero-order valence-corrected chi connectivity index (χ0v) is 11.1. The van der Waals surface area contributed by atoms with Gasteiger partial charge >= 0.3 is 0 Å². The van der Waals surface area contributed by atoms with E-state index in [1.165, 1.54) is 19.3 Å². The van der Waals surface area contributed by atoms with Gasteiger partial charge < -0.3 is 5.32 Å². The number of nitrogens with zero attached hydrogens (tertiary/aromatic N) is 1. The summed E-state index contributed by atoms with van der Waals surface area (Å²) >= 11 is 0. The quantitative estimate of drug-likeness (QED) is 0.797. The smallest absolute Gasteiger partial charge is 0.217 e. The summed E-state index contributed by atoms with van der Waals surface area (Å²) in [7, 11) is -3.01. The Kier molecular flexibility index (Phi) is 3.17. The lowest BCUT2D eigenvalue weighted by Crippen LogP contribution is -2.43. The summed E-state index contributed by atoms with van der Waals surface area (Å²) in [6, 6.07) is 0. The average molecular weight is 258 g/mol. The van der Waals surface area contributed by atoms with Crippen molar-refractivity contribution in [1.82, 2.24) is 9.62 Å². The highest BCUT2D eigenvalue weighted by Gasteiger charge is 2.43. The summed E-state index contributed by atoms with van der Waals surface area (Å²) < 4.78 is 26.8. The van der Waals surface area contributed by atoms with Crippen LogP contribution in [-0.4, -0.2) is 44.2 Å². The second kappa shape index (κ2) is 4.52. The zero-order chi connectivity index (χ0) is 11.9. The molecule has 2 heterocycles. The molecular weight excluding hydrogens is 236 g/mol. The Labute approximate surface area is 104 Å². The fourth-order valence-corrected chi connectivity index (χ4v) is 5.76. The summed E-state index contributed by atoms with van der Waals surface area (Å²) in [6.07, 6.45) is 5.35. The van der Waals surface area contributed by atoms with E-state index in [4.69, 9.17) is 0 Å². The molecule has 4 nitrogen and oxygen atoms in total. The first-order valence-electron chi connectivity index (χ1n) is 6.87. The van der Waals surface area contributed by atoms with Gasteiger partial charge in [-0.25, -0.2) is 12.7 Å². The minimum absolute atomic E-state index is 0.123. The van der Waals surface area contributed by atoms with E-state index in [0.29, 0.717) is 11.8 Å². The Bertz CT molecular complexity index is 364. The molecule has 17 heavy (non-hydrogen) atoms. The van der Waals surface area contributed by atoms with Gasteiger partial charge in [-0.15, -0.1) is 0 Å². The van der Waals surface area contributed by atoms with E-state index in [2.05, 4.69) is 5.32 Å². The first-order chi connectivity index (χ1) is 8.18. The molecule has 2 aliphatic heterocycles. The van der Waals surface area contributed by atoms with Gasteiger partial charge in [0.15, 0.2) is 0 Å². The highest BCUT2D eigenvalue weighted by molar-refractivity contribution is 7.89. The van der Waals surface area contributed by atoms with Gasteiger partial charge in [-0.2, -0.15) is 0 Å². The first-order valence-corrected chi connectivity index (χ1v) is 8.38. The molecule has 2 unspecified atom stereocenters. The maximum absolute atomic E-state index is 12.5. The molecule has 3 rings (SSSR count). The molecule has 1 aliphatic carbocycles. The normalized spacial score (nSPS) is 36.2. The Morgan fingerprint density at radius 2 is 1.53 bits per heavy atom. The van der Waals surface area contributed by atoms with E-state index in [0.717, 1.165) is 39.0 Å². The molecule has 2 atom stereocenters. The van der Waals surface area contributed by atoms with Crippen LogP contribution >= 0.6 is 0 Å². The van der Waals surface area contributed by atoms with Crippen LogP contribution in [0.4, 0.5) is 0 Å². The summed E-state index contributed by atoms with van der Waals surface area (Å²) in [4.78, 5) is 0. The van der Waals surface area contributed by atoms with Crippen LogP contribution in [0.15, 0.2) is 0 Å². The number of hydrogen-bond donors (Lipinski definition) is 1. The van der Waals surface area contributed by atoms with Crippen LogP contribution in [0.25, 0.3) is 0 Å². The van der Waals surface area contributed by atoms with Gasteiger partial charge in [-0.1, -0.05) is 6.42 Å². The lowest BCUT2D eigenvalue weighted by atomic mass is 10.0. The Hall–Kier alpha value is -0.130. The molecule has 0 bridgehead atoms. The summed E-state index contributed by atoms with van der Waals surface area (Å²) in [5.74, 6) is 1.32. The van der Waals surface area contributed by atoms with E-state index in [9.17, 15) is 8.42 Å². The van der Waals surface area contributed by atoms with E-state index in [1.807, 2.05) is 0 Å². The number of sulfonamides is 1. The van der Waals surface area contributed by atoms with Gasteiger partial charge in [0.1, 0.15) is 0 Å². The van der Waals surface area contributed by atoms with Gasteiger partial charge in [0.2, 0.25) is 10.0 Å². The van der Waals surface area contributed by atoms with Crippen LogP contribution in [0.2, 0.25) is 0 Å². The molecular formula is C12H22N2O2S. The van der Waals surface area contributed by atoms with Crippen LogP contribution in [0.3, 0.4) is 0 Å². The third-order valence-electron chi connectivity index (χ3n) is 4.76. The van der Waals surface area contributed by atoms with Gasteiger partial charge in [-0.05, 0) is 50.6 Å². The van der Waals surface area contributed by atoms with Crippen LogP contribution < -0.4 is 5.32 Å². The predicted molar refractivity (Wildman–Crippen MR) is 67.2 cm³/mol. The molecule has 98 valence electrons. The van der Waals surface area contributed by atoms with Crippen molar-refractivity contribution in [3.63, 3.8) is 0 Å². The molecule has 3 aliphatic rings. The average Bonchev–Trinajstić information content (AvgIpc) is 2.90. The molecule has 3 fully saturated rings.